The fourth-order valence-corrected chi connectivity index (χ4v) is 2.03. The lowest BCUT2D eigenvalue weighted by Gasteiger charge is -2.10. The third-order valence-electron chi connectivity index (χ3n) is 1.54. The van der Waals surface area contributed by atoms with E-state index >= 15 is 0 Å². The summed E-state index contributed by atoms with van der Waals surface area (Å²) in [7, 11) is -3.68. The number of nitrogens with zero attached hydrogens (tertiary/aromatic N) is 2. The Kier molecular flexibility index (Phi) is 3.97. The van der Waals surface area contributed by atoms with Gasteiger partial charge in [-0.1, -0.05) is 0 Å². The highest BCUT2D eigenvalue weighted by molar-refractivity contribution is 7.89. The molecular weight excluding hydrogens is 242 g/mol. The van der Waals surface area contributed by atoms with Crippen molar-refractivity contribution in [2.24, 2.45) is 0 Å². The molecule has 0 aromatic carbocycles. The highest BCUT2D eigenvalue weighted by atomic mass is 35.5. The molecule has 0 radical (unpaired) electrons. The summed E-state index contributed by atoms with van der Waals surface area (Å²) in [6.45, 7) is 1.25. The molecule has 6 nitrogen and oxygen atoms in total. The van der Waals surface area contributed by atoms with Crippen LogP contribution in [0, 0.1) is 0 Å². The number of hydrogen-bond acceptors (Lipinski definition) is 5. The molecule has 0 saturated heterocycles. The van der Waals surface area contributed by atoms with E-state index in [0.717, 1.165) is 12.4 Å². The molecule has 0 fully saturated rings. The zero-order chi connectivity index (χ0) is 11.5. The van der Waals surface area contributed by atoms with Crippen molar-refractivity contribution >= 4 is 21.6 Å². The predicted octanol–water partition coefficient (Wildman–Crippen LogP) is -0.211. The molecule has 1 atom stereocenters. The summed E-state index contributed by atoms with van der Waals surface area (Å²) >= 11 is 5.42. The number of nitrogens with one attached hydrogen (secondary N) is 1. The molecule has 0 saturated carbocycles. The second-order valence-corrected chi connectivity index (χ2v) is 4.94. The van der Waals surface area contributed by atoms with Crippen LogP contribution < -0.4 is 4.72 Å². The van der Waals surface area contributed by atoms with E-state index < -0.39 is 16.1 Å². The molecule has 84 valence electrons. The highest BCUT2D eigenvalue weighted by Crippen LogP contribution is 2.07. The number of aliphatic hydroxyl groups excluding tert-OH is 1. The third kappa shape index (κ3) is 3.38. The van der Waals surface area contributed by atoms with Crippen molar-refractivity contribution in [3.63, 3.8) is 0 Å². The van der Waals surface area contributed by atoms with Gasteiger partial charge in [-0.2, -0.15) is 0 Å². The van der Waals surface area contributed by atoms with Gasteiger partial charge >= 0.3 is 0 Å². The van der Waals surface area contributed by atoms with Gasteiger partial charge in [-0.05, 0) is 18.5 Å². The van der Waals surface area contributed by atoms with E-state index in [-0.39, 0.29) is 16.8 Å². The van der Waals surface area contributed by atoms with Crippen molar-refractivity contribution in [2.45, 2.75) is 17.9 Å². The van der Waals surface area contributed by atoms with Gasteiger partial charge < -0.3 is 5.11 Å². The Morgan fingerprint density at radius 2 is 2.07 bits per heavy atom. The molecule has 0 spiro atoms. The molecule has 1 unspecified atom stereocenters. The zero-order valence-electron chi connectivity index (χ0n) is 7.88. The standard InChI is InChI=1S/C7H10ClN3O3S/c1-5(4-12)11-15(13,14)6-2-9-7(8)10-3-6/h2-3,5,11-12H,4H2,1H3. The fraction of sp³-hybridized carbons (Fsp3) is 0.429. The SMILES string of the molecule is CC(CO)NS(=O)(=O)c1cnc(Cl)nc1. The van der Waals surface area contributed by atoms with E-state index in [4.69, 9.17) is 16.7 Å². The maximum absolute atomic E-state index is 11.6. The van der Waals surface area contributed by atoms with Gasteiger partial charge in [0.15, 0.2) is 0 Å². The van der Waals surface area contributed by atoms with E-state index in [1.807, 2.05) is 0 Å². The van der Waals surface area contributed by atoms with Crippen molar-refractivity contribution in [3.05, 3.63) is 17.7 Å². The number of sulfonamides is 1. The molecule has 0 aliphatic carbocycles. The second-order valence-electron chi connectivity index (χ2n) is 2.89. The van der Waals surface area contributed by atoms with Crippen molar-refractivity contribution < 1.29 is 13.5 Å². The zero-order valence-corrected chi connectivity index (χ0v) is 9.46. The predicted molar refractivity (Wildman–Crippen MR) is 53.9 cm³/mol. The molecule has 0 aliphatic rings. The first kappa shape index (κ1) is 12.3. The number of hydrogen-bond donors (Lipinski definition) is 2. The minimum Gasteiger partial charge on any atom is -0.395 e. The Morgan fingerprint density at radius 3 is 2.53 bits per heavy atom. The van der Waals surface area contributed by atoms with Gasteiger partial charge in [0, 0.05) is 6.04 Å². The van der Waals surface area contributed by atoms with E-state index in [9.17, 15) is 8.42 Å². The second kappa shape index (κ2) is 4.84. The molecular formula is C7H10ClN3O3S. The summed E-state index contributed by atoms with van der Waals surface area (Å²) in [4.78, 5) is 7.01. The largest absolute Gasteiger partial charge is 0.395 e. The van der Waals surface area contributed by atoms with Crippen molar-refractivity contribution in [1.29, 1.82) is 0 Å². The van der Waals surface area contributed by atoms with Gasteiger partial charge in [0.1, 0.15) is 4.90 Å². The molecule has 2 N–H and O–H groups in total. The molecule has 1 aromatic rings. The van der Waals surface area contributed by atoms with Crippen LogP contribution in [0.3, 0.4) is 0 Å². The van der Waals surface area contributed by atoms with Crippen LogP contribution in [0.4, 0.5) is 0 Å². The van der Waals surface area contributed by atoms with Gasteiger partial charge in [-0.3, -0.25) is 0 Å². The Hall–Kier alpha value is -0.760. The number of aliphatic hydroxyl groups is 1. The average molecular weight is 252 g/mol. The Labute approximate surface area is 92.4 Å². The van der Waals surface area contributed by atoms with Crippen LogP contribution in [-0.2, 0) is 10.0 Å². The van der Waals surface area contributed by atoms with E-state index in [1.165, 1.54) is 6.92 Å². The van der Waals surface area contributed by atoms with E-state index in [1.54, 1.807) is 0 Å². The maximum Gasteiger partial charge on any atom is 0.243 e. The molecule has 0 bridgehead atoms. The molecule has 15 heavy (non-hydrogen) atoms. The average Bonchev–Trinajstić information content (AvgIpc) is 2.17. The van der Waals surface area contributed by atoms with Gasteiger partial charge in [-0.25, -0.2) is 23.1 Å². The number of halogens is 1. The Balaban J connectivity index is 2.91. The summed E-state index contributed by atoms with van der Waals surface area (Å²) in [6.07, 6.45) is 2.20. The lowest BCUT2D eigenvalue weighted by molar-refractivity contribution is 0.265. The van der Waals surface area contributed by atoms with Crippen molar-refractivity contribution in [2.75, 3.05) is 6.61 Å². The Morgan fingerprint density at radius 1 is 1.53 bits per heavy atom. The number of aromatic nitrogens is 2. The minimum absolute atomic E-state index is 0.0239. The lowest BCUT2D eigenvalue weighted by Crippen LogP contribution is -2.35. The summed E-state index contributed by atoms with van der Waals surface area (Å²) in [5, 5.41) is 8.69. The maximum atomic E-state index is 11.6. The summed E-state index contributed by atoms with van der Waals surface area (Å²) in [6, 6.07) is -0.564. The van der Waals surface area contributed by atoms with Crippen LogP contribution in [0.5, 0.6) is 0 Å². The topological polar surface area (TPSA) is 92.2 Å². The van der Waals surface area contributed by atoms with Crippen LogP contribution in [0.25, 0.3) is 0 Å². The van der Waals surface area contributed by atoms with Crippen LogP contribution >= 0.6 is 11.6 Å². The fourth-order valence-electron chi connectivity index (χ4n) is 0.809. The number of rotatable bonds is 4. The highest BCUT2D eigenvalue weighted by Gasteiger charge is 2.17. The first-order valence-electron chi connectivity index (χ1n) is 4.06. The lowest BCUT2D eigenvalue weighted by atomic mass is 10.4. The normalized spacial score (nSPS) is 13.8. The first-order chi connectivity index (χ1) is 6.95. The smallest absolute Gasteiger partial charge is 0.243 e. The van der Waals surface area contributed by atoms with Gasteiger partial charge in [0.25, 0.3) is 0 Å². The first-order valence-corrected chi connectivity index (χ1v) is 5.92. The van der Waals surface area contributed by atoms with Crippen LogP contribution in [0.1, 0.15) is 6.92 Å². The summed E-state index contributed by atoms with van der Waals surface area (Å²) in [5.74, 6) is 0. The van der Waals surface area contributed by atoms with Crippen molar-refractivity contribution in [3.8, 4) is 0 Å². The molecule has 1 heterocycles. The summed E-state index contributed by atoms with van der Waals surface area (Å²) in [5.41, 5.74) is 0. The third-order valence-corrected chi connectivity index (χ3v) is 3.28. The van der Waals surface area contributed by atoms with Crippen LogP contribution in [-0.4, -0.2) is 36.1 Å². The molecule has 1 rings (SSSR count). The van der Waals surface area contributed by atoms with Crippen molar-refractivity contribution in [1.82, 2.24) is 14.7 Å². The minimum atomic E-state index is -3.68. The molecule has 0 amide bonds. The van der Waals surface area contributed by atoms with E-state index in [2.05, 4.69) is 14.7 Å². The van der Waals surface area contributed by atoms with Crippen LogP contribution in [0.2, 0.25) is 5.28 Å². The molecule has 8 heteroatoms. The van der Waals surface area contributed by atoms with Crippen LogP contribution in [0.15, 0.2) is 17.3 Å². The van der Waals surface area contributed by atoms with Gasteiger partial charge in [-0.15, -0.1) is 0 Å². The quantitative estimate of drug-likeness (QED) is 0.723. The van der Waals surface area contributed by atoms with Gasteiger partial charge in [0.2, 0.25) is 15.3 Å². The van der Waals surface area contributed by atoms with E-state index in [0.29, 0.717) is 0 Å². The molecule has 1 aromatic heterocycles. The van der Waals surface area contributed by atoms with Gasteiger partial charge in [0.05, 0.1) is 19.0 Å². The molecule has 0 aliphatic heterocycles. The monoisotopic (exact) mass is 251 g/mol. The Bertz CT molecular complexity index is 420. The summed E-state index contributed by atoms with van der Waals surface area (Å²) < 4.78 is 25.4.